The molecule has 0 saturated carbocycles. The standard InChI is InChI=1S/C31H51N5O7S/c1-8-10-14-32-26(38)17-36(30(40)27(20(5)9-2)34-28(39)23-13-11-12-15-35(23)7)24(19(3)4)16-25(43-21(6)37)29-33-22(18-44-29)31(41)42/h18-20,23-25,27H,8-17H2,1-7H3,(H,32,38)(H,34,39)(H,41,42). The molecule has 3 amide bonds. The highest BCUT2D eigenvalue weighted by molar-refractivity contribution is 7.09. The van der Waals surface area contributed by atoms with E-state index in [2.05, 4.69) is 15.6 Å². The number of ether oxygens (including phenoxy) is 1. The van der Waals surface area contributed by atoms with E-state index in [0.717, 1.165) is 43.6 Å². The van der Waals surface area contributed by atoms with E-state index in [1.807, 2.05) is 46.6 Å². The minimum atomic E-state index is -1.20. The van der Waals surface area contributed by atoms with Gasteiger partial charge in [0, 0.05) is 31.3 Å². The van der Waals surface area contributed by atoms with Gasteiger partial charge in [-0.3, -0.25) is 24.1 Å². The molecule has 5 atom stereocenters. The lowest BCUT2D eigenvalue weighted by molar-refractivity contribution is -0.151. The van der Waals surface area contributed by atoms with Crippen LogP contribution in [0, 0.1) is 11.8 Å². The number of unbranched alkanes of at least 4 members (excludes halogenated alkanes) is 1. The van der Waals surface area contributed by atoms with E-state index in [1.54, 1.807) is 0 Å². The van der Waals surface area contributed by atoms with E-state index >= 15 is 0 Å². The third-order valence-electron chi connectivity index (χ3n) is 8.25. The van der Waals surface area contributed by atoms with Crippen LogP contribution in [-0.2, 0) is 23.9 Å². The summed E-state index contributed by atoms with van der Waals surface area (Å²) in [7, 11) is 1.91. The Kier molecular flexibility index (Phi) is 15.2. The molecule has 1 fully saturated rings. The number of amides is 3. The molecule has 1 aromatic rings. The number of nitrogens with zero attached hydrogens (tertiary/aromatic N) is 3. The van der Waals surface area contributed by atoms with Gasteiger partial charge < -0.3 is 25.4 Å². The van der Waals surface area contributed by atoms with Gasteiger partial charge in [-0.1, -0.05) is 53.9 Å². The Bertz CT molecular complexity index is 1130. The van der Waals surface area contributed by atoms with Crippen molar-refractivity contribution in [1.29, 1.82) is 0 Å². The summed E-state index contributed by atoms with van der Waals surface area (Å²) in [6.45, 7) is 12.0. The van der Waals surface area contributed by atoms with Gasteiger partial charge in [0.05, 0.1) is 12.6 Å². The first kappa shape index (κ1) is 37.1. The predicted molar refractivity (Wildman–Crippen MR) is 168 cm³/mol. The maximum Gasteiger partial charge on any atom is 0.355 e. The van der Waals surface area contributed by atoms with Crippen molar-refractivity contribution in [3.05, 3.63) is 16.1 Å². The first-order valence-electron chi connectivity index (χ1n) is 15.7. The molecule has 2 rings (SSSR count). The van der Waals surface area contributed by atoms with Crippen LogP contribution in [0.3, 0.4) is 0 Å². The second kappa shape index (κ2) is 18.0. The van der Waals surface area contributed by atoms with Crippen molar-refractivity contribution in [2.75, 3.05) is 26.7 Å². The number of hydrogen-bond acceptors (Lipinski definition) is 9. The number of piperidine rings is 1. The number of carboxylic acid groups (broad SMARTS) is 1. The van der Waals surface area contributed by atoms with Crippen LogP contribution in [0.25, 0.3) is 0 Å². The Labute approximate surface area is 265 Å². The van der Waals surface area contributed by atoms with Crippen LogP contribution in [-0.4, -0.2) is 94.4 Å². The Morgan fingerprint density at radius 1 is 1.18 bits per heavy atom. The number of carbonyl (C=O) groups is 5. The van der Waals surface area contributed by atoms with Crippen molar-refractivity contribution >= 4 is 41.0 Å². The first-order valence-corrected chi connectivity index (χ1v) is 16.6. The van der Waals surface area contributed by atoms with E-state index in [-0.39, 0.29) is 59.3 Å². The Hall–Kier alpha value is -3.06. The van der Waals surface area contributed by atoms with Crippen LogP contribution in [0.15, 0.2) is 5.38 Å². The molecule has 3 N–H and O–H groups in total. The summed E-state index contributed by atoms with van der Waals surface area (Å²) in [6.07, 6.45) is 4.10. The van der Waals surface area contributed by atoms with Gasteiger partial charge in [-0.2, -0.15) is 0 Å². The molecule has 1 aromatic heterocycles. The summed E-state index contributed by atoms with van der Waals surface area (Å²) in [5.74, 6) is -3.13. The number of nitrogens with one attached hydrogen (secondary N) is 2. The summed E-state index contributed by atoms with van der Waals surface area (Å²) in [5.41, 5.74) is -0.168. The molecule has 1 aliphatic rings. The third kappa shape index (κ3) is 10.8. The molecule has 1 saturated heterocycles. The number of likely N-dealkylation sites (N-methyl/N-ethyl adjacent to an activating group) is 1. The Morgan fingerprint density at radius 3 is 2.43 bits per heavy atom. The molecule has 248 valence electrons. The van der Waals surface area contributed by atoms with E-state index in [4.69, 9.17) is 4.74 Å². The molecule has 44 heavy (non-hydrogen) atoms. The number of esters is 1. The number of carbonyl (C=O) groups excluding carboxylic acids is 4. The highest BCUT2D eigenvalue weighted by Gasteiger charge is 2.39. The Balaban J connectivity index is 2.49. The van der Waals surface area contributed by atoms with Gasteiger partial charge in [0.2, 0.25) is 17.7 Å². The quantitative estimate of drug-likeness (QED) is 0.171. The lowest BCUT2D eigenvalue weighted by Gasteiger charge is -2.39. The fourth-order valence-electron chi connectivity index (χ4n) is 5.40. The molecule has 0 radical (unpaired) electrons. The van der Waals surface area contributed by atoms with Crippen LogP contribution in [0.1, 0.15) is 108 Å². The van der Waals surface area contributed by atoms with Gasteiger partial charge >= 0.3 is 11.9 Å². The summed E-state index contributed by atoms with van der Waals surface area (Å²) < 4.78 is 5.61. The van der Waals surface area contributed by atoms with E-state index in [9.17, 15) is 29.1 Å². The zero-order valence-corrected chi connectivity index (χ0v) is 28.1. The summed E-state index contributed by atoms with van der Waals surface area (Å²) >= 11 is 1.05. The average Bonchev–Trinajstić information content (AvgIpc) is 3.47. The second-order valence-electron chi connectivity index (χ2n) is 12.1. The number of thiazole rings is 1. The van der Waals surface area contributed by atoms with Gasteiger partial charge in [-0.15, -0.1) is 11.3 Å². The molecule has 5 unspecified atom stereocenters. The minimum Gasteiger partial charge on any atom is -0.476 e. The topological polar surface area (TPSA) is 158 Å². The molecule has 0 aliphatic carbocycles. The maximum atomic E-state index is 14.5. The van der Waals surface area contributed by atoms with Gasteiger partial charge in [-0.25, -0.2) is 9.78 Å². The van der Waals surface area contributed by atoms with Crippen molar-refractivity contribution in [3.8, 4) is 0 Å². The Morgan fingerprint density at radius 2 is 1.89 bits per heavy atom. The smallest absolute Gasteiger partial charge is 0.355 e. The lowest BCUT2D eigenvalue weighted by atomic mass is 9.92. The number of rotatable bonds is 17. The SMILES string of the molecule is CCCCNC(=O)CN(C(=O)C(NC(=O)C1CCCCN1C)C(C)CC)C(CC(OC(C)=O)c1nc(C(=O)O)cs1)C(C)C. The van der Waals surface area contributed by atoms with E-state index in [0.29, 0.717) is 19.4 Å². The normalized spacial score (nSPS) is 18.1. The fraction of sp³-hybridized carbons (Fsp3) is 0.742. The van der Waals surface area contributed by atoms with E-state index < -0.39 is 30.1 Å². The molecule has 13 heteroatoms. The predicted octanol–water partition coefficient (Wildman–Crippen LogP) is 3.62. The first-order chi connectivity index (χ1) is 20.8. The number of carboxylic acids is 1. The molecular formula is C31H51N5O7S. The van der Waals surface area contributed by atoms with Crippen molar-refractivity contribution < 1.29 is 33.8 Å². The fourth-order valence-corrected chi connectivity index (χ4v) is 6.24. The molecule has 12 nitrogen and oxygen atoms in total. The molecule has 0 bridgehead atoms. The summed E-state index contributed by atoms with van der Waals surface area (Å²) in [4.78, 5) is 72.5. The van der Waals surface area contributed by atoms with Gasteiger partial charge in [-0.05, 0) is 44.7 Å². The highest BCUT2D eigenvalue weighted by atomic mass is 32.1. The van der Waals surface area contributed by atoms with Crippen LogP contribution in [0.4, 0.5) is 0 Å². The van der Waals surface area contributed by atoms with Crippen LogP contribution >= 0.6 is 11.3 Å². The largest absolute Gasteiger partial charge is 0.476 e. The maximum absolute atomic E-state index is 14.5. The minimum absolute atomic E-state index is 0.0876. The van der Waals surface area contributed by atoms with Crippen LogP contribution < -0.4 is 10.6 Å². The summed E-state index contributed by atoms with van der Waals surface area (Å²) in [5, 5.41) is 17.0. The van der Waals surface area contributed by atoms with Gasteiger partial charge in [0.1, 0.15) is 11.0 Å². The number of hydrogen-bond donors (Lipinski definition) is 3. The zero-order valence-electron chi connectivity index (χ0n) is 27.3. The number of aromatic carboxylic acids is 1. The third-order valence-corrected chi connectivity index (χ3v) is 9.19. The van der Waals surface area contributed by atoms with Crippen LogP contribution in [0.2, 0.25) is 0 Å². The lowest BCUT2D eigenvalue weighted by Crippen LogP contribution is -2.60. The molecule has 0 aromatic carbocycles. The van der Waals surface area contributed by atoms with Crippen molar-refractivity contribution in [3.63, 3.8) is 0 Å². The highest BCUT2D eigenvalue weighted by Crippen LogP contribution is 2.31. The molecule has 2 heterocycles. The van der Waals surface area contributed by atoms with Crippen molar-refractivity contribution in [2.24, 2.45) is 11.8 Å². The van der Waals surface area contributed by atoms with Crippen molar-refractivity contribution in [1.82, 2.24) is 25.4 Å². The zero-order chi connectivity index (χ0) is 33.0. The van der Waals surface area contributed by atoms with Crippen molar-refractivity contribution in [2.45, 2.75) is 111 Å². The molecule has 0 spiro atoms. The summed E-state index contributed by atoms with van der Waals surface area (Å²) in [6, 6.07) is -1.82. The molecular weight excluding hydrogens is 586 g/mol. The number of aromatic nitrogens is 1. The van der Waals surface area contributed by atoms with E-state index in [1.165, 1.54) is 17.2 Å². The average molecular weight is 638 g/mol. The van der Waals surface area contributed by atoms with Gasteiger partial charge in [0.25, 0.3) is 0 Å². The van der Waals surface area contributed by atoms with Gasteiger partial charge in [0.15, 0.2) is 11.8 Å². The van der Waals surface area contributed by atoms with Crippen LogP contribution in [0.5, 0.6) is 0 Å². The second-order valence-corrected chi connectivity index (χ2v) is 12.9. The molecule has 1 aliphatic heterocycles. The number of likely N-dealkylation sites (tertiary alicyclic amines) is 1. The monoisotopic (exact) mass is 637 g/mol.